The van der Waals surface area contributed by atoms with Crippen molar-refractivity contribution in [1.29, 1.82) is 0 Å². The van der Waals surface area contributed by atoms with Gasteiger partial charge >= 0.3 is 0 Å². The summed E-state index contributed by atoms with van der Waals surface area (Å²) in [5.74, 6) is 0.501. The van der Waals surface area contributed by atoms with Crippen molar-refractivity contribution in [2.45, 2.75) is 13.3 Å². The summed E-state index contributed by atoms with van der Waals surface area (Å²) in [6, 6.07) is 12.7. The van der Waals surface area contributed by atoms with Gasteiger partial charge in [0.25, 0.3) is 0 Å². The van der Waals surface area contributed by atoms with Crippen molar-refractivity contribution < 1.29 is 9.13 Å². The molecule has 0 fully saturated rings. The number of rotatable bonds is 3. The van der Waals surface area contributed by atoms with E-state index in [0.29, 0.717) is 11.3 Å². The molecule has 1 nitrogen and oxygen atoms in total. The van der Waals surface area contributed by atoms with Crippen molar-refractivity contribution in [3.05, 3.63) is 53.8 Å². The van der Waals surface area contributed by atoms with Crippen molar-refractivity contribution in [3.63, 3.8) is 0 Å². The van der Waals surface area contributed by atoms with E-state index in [2.05, 4.69) is 0 Å². The Morgan fingerprint density at radius 2 is 1.82 bits per heavy atom. The summed E-state index contributed by atoms with van der Waals surface area (Å²) in [5, 5.41) is 0. The smallest absolute Gasteiger partial charge is 0.131 e. The fourth-order valence-electron chi connectivity index (χ4n) is 2.02. The van der Waals surface area contributed by atoms with Crippen LogP contribution < -0.4 is 4.74 Å². The van der Waals surface area contributed by atoms with Crippen molar-refractivity contribution >= 4 is 0 Å². The maximum Gasteiger partial charge on any atom is 0.131 e. The normalized spacial score (nSPS) is 10.3. The molecule has 0 unspecified atom stereocenters. The fourth-order valence-corrected chi connectivity index (χ4v) is 2.02. The highest BCUT2D eigenvalue weighted by Gasteiger charge is 2.13. The Balaban J connectivity index is 2.67. The summed E-state index contributed by atoms with van der Waals surface area (Å²) >= 11 is 0. The summed E-state index contributed by atoms with van der Waals surface area (Å²) in [4.78, 5) is 0. The van der Waals surface area contributed by atoms with Crippen LogP contribution in [-0.2, 0) is 6.42 Å². The number of hydrogen-bond acceptors (Lipinski definition) is 1. The number of benzene rings is 2. The molecule has 2 rings (SSSR count). The molecule has 2 heteroatoms. The number of halogens is 1. The lowest BCUT2D eigenvalue weighted by atomic mass is 9.97. The second kappa shape index (κ2) is 5.00. The van der Waals surface area contributed by atoms with Crippen LogP contribution in [0.25, 0.3) is 11.1 Å². The summed E-state index contributed by atoms with van der Waals surface area (Å²) in [6.07, 6.45) is 0.797. The molecule has 0 atom stereocenters. The van der Waals surface area contributed by atoms with Gasteiger partial charge in [-0.3, -0.25) is 0 Å². The topological polar surface area (TPSA) is 9.23 Å². The van der Waals surface area contributed by atoms with Gasteiger partial charge < -0.3 is 4.74 Å². The van der Waals surface area contributed by atoms with Gasteiger partial charge in [-0.25, -0.2) is 4.39 Å². The Hall–Kier alpha value is -1.83. The van der Waals surface area contributed by atoms with Crippen LogP contribution in [0.1, 0.15) is 12.5 Å². The fraction of sp³-hybridized carbons (Fsp3) is 0.200. The summed E-state index contributed by atoms with van der Waals surface area (Å²) in [7, 11) is 1.60. The van der Waals surface area contributed by atoms with Gasteiger partial charge in [0.1, 0.15) is 11.6 Å². The molecular weight excluding hydrogens is 215 g/mol. The number of ether oxygens (including phenoxy) is 1. The summed E-state index contributed by atoms with van der Waals surface area (Å²) < 4.78 is 19.3. The lowest BCUT2D eigenvalue weighted by Gasteiger charge is -2.12. The van der Waals surface area contributed by atoms with E-state index in [-0.39, 0.29) is 5.82 Å². The van der Waals surface area contributed by atoms with Crippen LogP contribution in [0.3, 0.4) is 0 Å². The average Bonchev–Trinajstić information content (AvgIpc) is 2.38. The third kappa shape index (κ3) is 2.16. The van der Waals surface area contributed by atoms with Crippen LogP contribution in [0.4, 0.5) is 4.39 Å². The number of hydrogen-bond donors (Lipinski definition) is 0. The molecule has 0 aliphatic rings. The molecule has 0 heterocycles. The van der Waals surface area contributed by atoms with Crippen LogP contribution >= 0.6 is 0 Å². The number of para-hydroxylation sites is 1. The first-order chi connectivity index (χ1) is 8.27. The van der Waals surface area contributed by atoms with Crippen LogP contribution in [0.15, 0.2) is 42.5 Å². The van der Waals surface area contributed by atoms with Gasteiger partial charge in [-0.15, -0.1) is 0 Å². The van der Waals surface area contributed by atoms with Gasteiger partial charge in [-0.05, 0) is 24.1 Å². The molecule has 0 saturated carbocycles. The molecule has 17 heavy (non-hydrogen) atoms. The lowest BCUT2D eigenvalue weighted by molar-refractivity contribution is 0.416. The van der Waals surface area contributed by atoms with E-state index in [1.807, 2.05) is 37.3 Å². The van der Waals surface area contributed by atoms with Gasteiger partial charge in [0.15, 0.2) is 0 Å². The van der Waals surface area contributed by atoms with E-state index in [1.165, 1.54) is 6.07 Å². The van der Waals surface area contributed by atoms with Gasteiger partial charge in [0.2, 0.25) is 0 Å². The van der Waals surface area contributed by atoms with Crippen LogP contribution in [-0.4, -0.2) is 7.11 Å². The molecule has 0 amide bonds. The number of aryl methyl sites for hydroxylation is 1. The quantitative estimate of drug-likeness (QED) is 0.772. The van der Waals surface area contributed by atoms with Crippen molar-refractivity contribution in [3.8, 4) is 16.9 Å². The van der Waals surface area contributed by atoms with Gasteiger partial charge in [0, 0.05) is 11.1 Å². The van der Waals surface area contributed by atoms with E-state index in [1.54, 1.807) is 13.2 Å². The van der Waals surface area contributed by atoms with Gasteiger partial charge in [-0.1, -0.05) is 37.3 Å². The first-order valence-corrected chi connectivity index (χ1v) is 5.68. The Bertz CT molecular complexity index is 520. The van der Waals surface area contributed by atoms with Crippen LogP contribution in [0.5, 0.6) is 5.75 Å². The lowest BCUT2D eigenvalue weighted by Crippen LogP contribution is -1.94. The highest BCUT2D eigenvalue weighted by atomic mass is 19.1. The molecule has 0 N–H and O–H groups in total. The second-order valence-corrected chi connectivity index (χ2v) is 3.83. The van der Waals surface area contributed by atoms with Crippen molar-refractivity contribution in [2.75, 3.05) is 7.11 Å². The molecule has 0 aliphatic carbocycles. The molecule has 2 aromatic rings. The van der Waals surface area contributed by atoms with Crippen LogP contribution in [0.2, 0.25) is 0 Å². The standard InChI is InChI=1S/C15H15FO/c1-3-11-7-6-9-13(16)15(11)12-8-4-5-10-14(12)17-2/h4-10H,3H2,1-2H3. The summed E-state index contributed by atoms with van der Waals surface area (Å²) in [6.45, 7) is 2.02. The van der Waals surface area contributed by atoms with E-state index in [0.717, 1.165) is 17.5 Å². The minimum absolute atomic E-state index is 0.200. The zero-order chi connectivity index (χ0) is 12.3. The highest BCUT2D eigenvalue weighted by Crippen LogP contribution is 2.34. The molecule has 0 saturated heterocycles. The Labute approximate surface area is 101 Å². The van der Waals surface area contributed by atoms with Crippen LogP contribution in [0, 0.1) is 5.82 Å². The zero-order valence-corrected chi connectivity index (χ0v) is 10.0. The predicted molar refractivity (Wildman–Crippen MR) is 67.8 cm³/mol. The molecular formula is C15H15FO. The Morgan fingerprint density at radius 3 is 2.53 bits per heavy atom. The third-order valence-corrected chi connectivity index (χ3v) is 2.86. The molecule has 0 aromatic heterocycles. The van der Waals surface area contributed by atoms with Gasteiger partial charge in [-0.2, -0.15) is 0 Å². The minimum Gasteiger partial charge on any atom is -0.496 e. The zero-order valence-electron chi connectivity index (χ0n) is 10.0. The molecule has 0 aliphatic heterocycles. The van der Waals surface area contributed by atoms with Gasteiger partial charge in [0.05, 0.1) is 7.11 Å². The molecule has 0 bridgehead atoms. The largest absolute Gasteiger partial charge is 0.496 e. The SMILES string of the molecule is CCc1cccc(F)c1-c1ccccc1OC. The second-order valence-electron chi connectivity index (χ2n) is 3.83. The van der Waals surface area contributed by atoms with E-state index < -0.39 is 0 Å². The first-order valence-electron chi connectivity index (χ1n) is 5.68. The third-order valence-electron chi connectivity index (χ3n) is 2.86. The Morgan fingerprint density at radius 1 is 1.06 bits per heavy atom. The summed E-state index contributed by atoms with van der Waals surface area (Å²) in [5.41, 5.74) is 2.45. The predicted octanol–water partition coefficient (Wildman–Crippen LogP) is 4.06. The molecule has 0 radical (unpaired) electrons. The molecule has 0 spiro atoms. The maximum atomic E-state index is 14.0. The highest BCUT2D eigenvalue weighted by molar-refractivity contribution is 5.73. The average molecular weight is 230 g/mol. The number of methoxy groups -OCH3 is 1. The van der Waals surface area contributed by atoms with E-state index >= 15 is 0 Å². The van der Waals surface area contributed by atoms with E-state index in [4.69, 9.17) is 4.74 Å². The first kappa shape index (κ1) is 11.6. The monoisotopic (exact) mass is 230 g/mol. The Kier molecular flexibility index (Phi) is 3.43. The maximum absolute atomic E-state index is 14.0. The van der Waals surface area contributed by atoms with Crippen molar-refractivity contribution in [1.82, 2.24) is 0 Å². The minimum atomic E-state index is -0.200. The van der Waals surface area contributed by atoms with E-state index in [9.17, 15) is 4.39 Å². The van der Waals surface area contributed by atoms with Crippen molar-refractivity contribution in [2.24, 2.45) is 0 Å². The molecule has 2 aromatic carbocycles. The molecule has 88 valence electrons.